The number of aryl methyl sites for hydroxylation is 2. The quantitative estimate of drug-likeness (QED) is 0.622. The van der Waals surface area contributed by atoms with Crippen LogP contribution in [0.3, 0.4) is 0 Å². The summed E-state index contributed by atoms with van der Waals surface area (Å²) in [5.74, 6) is 4.16. The van der Waals surface area contributed by atoms with Crippen LogP contribution in [0.15, 0.2) is 6.07 Å². The van der Waals surface area contributed by atoms with E-state index < -0.39 is 0 Å². The smallest absolute Gasteiger partial charge is 0.232 e. The van der Waals surface area contributed by atoms with Gasteiger partial charge in [0.05, 0.1) is 6.61 Å². The van der Waals surface area contributed by atoms with Crippen molar-refractivity contribution in [2.45, 2.75) is 90.0 Å². The van der Waals surface area contributed by atoms with Gasteiger partial charge in [-0.1, -0.05) is 12.8 Å². The molecule has 1 aliphatic heterocycles. The van der Waals surface area contributed by atoms with Gasteiger partial charge >= 0.3 is 0 Å². The van der Waals surface area contributed by atoms with Crippen molar-refractivity contribution in [2.75, 3.05) is 6.61 Å². The minimum Gasteiger partial charge on any atom is -0.477 e. The lowest BCUT2D eigenvalue weighted by Gasteiger charge is -2.57. The van der Waals surface area contributed by atoms with Crippen molar-refractivity contribution in [1.82, 2.24) is 9.78 Å². The summed E-state index contributed by atoms with van der Waals surface area (Å²) >= 11 is 0. The minimum absolute atomic E-state index is 0.762. The Bertz CT molecular complexity index is 546. The zero-order chi connectivity index (χ0) is 16.7. The highest BCUT2D eigenvalue weighted by molar-refractivity contribution is 5.16. The molecule has 25 heavy (non-hydrogen) atoms. The Morgan fingerprint density at radius 1 is 1.00 bits per heavy atom. The fourth-order valence-electron chi connectivity index (χ4n) is 7.01. The van der Waals surface area contributed by atoms with Crippen LogP contribution in [-0.4, -0.2) is 16.4 Å². The van der Waals surface area contributed by atoms with E-state index in [9.17, 15) is 0 Å². The maximum Gasteiger partial charge on any atom is 0.232 e. The van der Waals surface area contributed by atoms with Crippen molar-refractivity contribution in [2.24, 2.45) is 23.2 Å². The van der Waals surface area contributed by atoms with E-state index in [-0.39, 0.29) is 0 Å². The molecule has 0 N–H and O–H groups in total. The number of ether oxygens (including phenoxy) is 1. The van der Waals surface area contributed by atoms with Gasteiger partial charge in [0.2, 0.25) is 5.88 Å². The van der Waals surface area contributed by atoms with Crippen LogP contribution in [0.4, 0.5) is 0 Å². The summed E-state index contributed by atoms with van der Waals surface area (Å²) in [6.07, 6.45) is 18.6. The third kappa shape index (κ3) is 3.36. The number of aromatic nitrogens is 2. The van der Waals surface area contributed by atoms with Crippen LogP contribution in [0.25, 0.3) is 0 Å². The third-order valence-electron chi connectivity index (χ3n) is 7.66. The van der Waals surface area contributed by atoms with E-state index in [0.29, 0.717) is 0 Å². The van der Waals surface area contributed by atoms with Gasteiger partial charge in [-0.15, -0.1) is 5.10 Å². The second kappa shape index (κ2) is 6.63. The Balaban J connectivity index is 1.03. The molecule has 1 aromatic rings. The molecule has 4 saturated carbocycles. The fourth-order valence-corrected chi connectivity index (χ4v) is 7.01. The molecule has 0 radical (unpaired) electrons. The molecule has 4 fully saturated rings. The molecule has 0 amide bonds. The van der Waals surface area contributed by atoms with Crippen molar-refractivity contribution in [1.29, 1.82) is 0 Å². The first-order valence-electron chi connectivity index (χ1n) is 11.0. The molecule has 4 aliphatic carbocycles. The lowest BCUT2D eigenvalue weighted by atomic mass is 9.48. The zero-order valence-corrected chi connectivity index (χ0v) is 15.7. The average molecular weight is 343 g/mol. The summed E-state index contributed by atoms with van der Waals surface area (Å²) in [4.78, 5) is 0. The van der Waals surface area contributed by atoms with Crippen LogP contribution in [0.5, 0.6) is 5.88 Å². The third-order valence-corrected chi connectivity index (χ3v) is 7.66. The molecule has 3 heteroatoms. The summed E-state index contributed by atoms with van der Waals surface area (Å²) < 4.78 is 8.07. The topological polar surface area (TPSA) is 27.1 Å². The van der Waals surface area contributed by atoms with E-state index in [1.807, 2.05) is 0 Å². The van der Waals surface area contributed by atoms with E-state index in [1.165, 1.54) is 50.6 Å². The van der Waals surface area contributed by atoms with E-state index in [2.05, 4.69) is 15.8 Å². The Labute approximate surface area is 152 Å². The monoisotopic (exact) mass is 342 g/mol. The predicted molar refractivity (Wildman–Crippen MR) is 99.7 cm³/mol. The van der Waals surface area contributed by atoms with Gasteiger partial charge in [-0.3, -0.25) is 4.68 Å². The molecule has 138 valence electrons. The summed E-state index contributed by atoms with van der Waals surface area (Å²) in [6, 6.07) is 2.16. The van der Waals surface area contributed by atoms with E-state index in [0.717, 1.165) is 42.2 Å². The largest absolute Gasteiger partial charge is 0.477 e. The summed E-state index contributed by atoms with van der Waals surface area (Å²) in [5.41, 5.74) is 2.13. The highest BCUT2D eigenvalue weighted by Gasteiger charge is 2.50. The van der Waals surface area contributed by atoms with Gasteiger partial charge in [-0.25, -0.2) is 0 Å². The zero-order valence-electron chi connectivity index (χ0n) is 15.7. The maximum absolute atomic E-state index is 5.92. The second-order valence-corrected chi connectivity index (χ2v) is 9.73. The Morgan fingerprint density at radius 3 is 2.48 bits per heavy atom. The van der Waals surface area contributed by atoms with Crippen molar-refractivity contribution in [3.63, 3.8) is 0 Å². The molecule has 0 atom stereocenters. The first-order valence-corrected chi connectivity index (χ1v) is 11.0. The lowest BCUT2D eigenvalue weighted by Crippen LogP contribution is -2.45. The van der Waals surface area contributed by atoms with Gasteiger partial charge in [-0.05, 0) is 93.8 Å². The second-order valence-electron chi connectivity index (χ2n) is 9.73. The minimum atomic E-state index is 0.762. The molecule has 0 saturated heterocycles. The number of nitrogens with zero attached hydrogens (tertiary/aromatic N) is 2. The van der Waals surface area contributed by atoms with Crippen molar-refractivity contribution in [3.05, 3.63) is 11.8 Å². The number of hydrogen-bond donors (Lipinski definition) is 0. The molecule has 0 unspecified atom stereocenters. The molecule has 1 aromatic heterocycles. The summed E-state index contributed by atoms with van der Waals surface area (Å²) in [5, 5.41) is 4.59. The Kier molecular flexibility index (Phi) is 4.30. The Hall–Kier alpha value is -0.990. The fraction of sp³-hybridized carbons (Fsp3) is 0.864. The summed E-state index contributed by atoms with van der Waals surface area (Å²) in [7, 11) is 0. The molecular formula is C22H34N2O. The van der Waals surface area contributed by atoms with Gasteiger partial charge in [0.15, 0.2) is 0 Å². The number of hydrogen-bond acceptors (Lipinski definition) is 2. The van der Waals surface area contributed by atoms with Gasteiger partial charge in [0, 0.05) is 18.3 Å². The molecule has 0 aromatic carbocycles. The van der Waals surface area contributed by atoms with Crippen LogP contribution >= 0.6 is 0 Å². The van der Waals surface area contributed by atoms with Crippen LogP contribution in [0.1, 0.15) is 82.7 Å². The van der Waals surface area contributed by atoms with Gasteiger partial charge in [-0.2, -0.15) is 0 Å². The Morgan fingerprint density at radius 2 is 1.76 bits per heavy atom. The molecule has 3 nitrogen and oxygen atoms in total. The first-order chi connectivity index (χ1) is 12.3. The molecular weight excluding hydrogens is 308 g/mol. The van der Waals surface area contributed by atoms with Gasteiger partial charge in [0.1, 0.15) is 0 Å². The van der Waals surface area contributed by atoms with E-state index in [1.54, 1.807) is 38.5 Å². The van der Waals surface area contributed by atoms with E-state index in [4.69, 9.17) is 4.74 Å². The number of unbranched alkanes of at least 4 members (excludes halogenated alkanes) is 2. The molecule has 6 rings (SSSR count). The summed E-state index contributed by atoms with van der Waals surface area (Å²) in [6.45, 7) is 1.92. The van der Waals surface area contributed by atoms with Crippen LogP contribution < -0.4 is 4.74 Å². The number of fused-ring (bicyclic) bond motifs is 1. The molecule has 2 heterocycles. The SMILES string of the molecule is c1c(OCCCCCC23CC4CC(CC(C4)C2)C3)nn2c1CCCC2. The van der Waals surface area contributed by atoms with Crippen LogP contribution in [0, 0.1) is 23.2 Å². The highest BCUT2D eigenvalue weighted by atomic mass is 16.5. The lowest BCUT2D eigenvalue weighted by molar-refractivity contribution is -0.0584. The normalized spacial score (nSPS) is 35.8. The van der Waals surface area contributed by atoms with Crippen molar-refractivity contribution in [3.8, 4) is 5.88 Å². The van der Waals surface area contributed by atoms with Crippen molar-refractivity contribution < 1.29 is 4.74 Å². The first kappa shape index (κ1) is 16.2. The van der Waals surface area contributed by atoms with Crippen LogP contribution in [0.2, 0.25) is 0 Å². The van der Waals surface area contributed by atoms with Crippen molar-refractivity contribution >= 4 is 0 Å². The highest BCUT2D eigenvalue weighted by Crippen LogP contribution is 2.61. The van der Waals surface area contributed by atoms with Gasteiger partial charge in [0.25, 0.3) is 0 Å². The maximum atomic E-state index is 5.92. The van der Waals surface area contributed by atoms with Crippen LogP contribution in [-0.2, 0) is 13.0 Å². The average Bonchev–Trinajstić information content (AvgIpc) is 2.99. The van der Waals surface area contributed by atoms with Gasteiger partial charge < -0.3 is 4.74 Å². The molecule has 4 bridgehead atoms. The predicted octanol–water partition coefficient (Wildman–Crippen LogP) is 5.38. The molecule has 5 aliphatic rings. The van der Waals surface area contributed by atoms with E-state index >= 15 is 0 Å². The number of rotatable bonds is 7. The standard InChI is InChI=1S/C22H34N2O/c1(5-9-25-21-13-20-6-2-4-8-24(20)23-21)3-7-22-14-17-10-18(15-22)12-19(11-17)16-22/h13,17-19H,1-12,14-16H2. The molecule has 0 spiro atoms.